The summed E-state index contributed by atoms with van der Waals surface area (Å²) in [6.07, 6.45) is 1.36. The molecule has 3 aromatic rings. The predicted octanol–water partition coefficient (Wildman–Crippen LogP) is 3.49. The summed E-state index contributed by atoms with van der Waals surface area (Å²) >= 11 is 0. The van der Waals surface area contributed by atoms with Gasteiger partial charge >= 0.3 is 5.69 Å². The molecule has 0 unspecified atom stereocenters. The lowest BCUT2D eigenvalue weighted by atomic mass is 10.2. The maximum atomic E-state index is 14.1. The van der Waals surface area contributed by atoms with E-state index in [1.807, 2.05) is 40.1 Å². The number of hydrogen-bond donors (Lipinski definition) is 0. The van der Waals surface area contributed by atoms with Crippen LogP contribution in [0.4, 0.5) is 27.4 Å². The lowest BCUT2D eigenvalue weighted by Crippen LogP contribution is -2.47. The molecule has 4 rings (SSSR count). The van der Waals surface area contributed by atoms with Crippen LogP contribution in [0.2, 0.25) is 0 Å². The van der Waals surface area contributed by atoms with E-state index in [0.717, 1.165) is 5.56 Å². The van der Waals surface area contributed by atoms with E-state index in [4.69, 9.17) is 0 Å². The summed E-state index contributed by atoms with van der Waals surface area (Å²) in [5.74, 6) is 0.298. The van der Waals surface area contributed by atoms with Gasteiger partial charge in [0.2, 0.25) is 11.6 Å². The zero-order valence-electron chi connectivity index (χ0n) is 17.2. The fourth-order valence-electron chi connectivity index (χ4n) is 3.83. The van der Waals surface area contributed by atoms with Crippen LogP contribution in [-0.4, -0.2) is 48.1 Å². The molecule has 0 amide bonds. The summed E-state index contributed by atoms with van der Waals surface area (Å²) in [6.45, 7) is 2.55. The highest BCUT2D eigenvalue weighted by Gasteiger charge is 2.31. The van der Waals surface area contributed by atoms with Gasteiger partial charge in [-0.2, -0.15) is 0 Å². The molecule has 2 heterocycles. The molecule has 2 aromatic carbocycles. The third-order valence-electron chi connectivity index (χ3n) is 5.36. The first-order valence-electron chi connectivity index (χ1n) is 10.0. The van der Waals surface area contributed by atoms with Crippen LogP contribution in [-0.2, 0) is 6.54 Å². The van der Waals surface area contributed by atoms with Crippen LogP contribution in [0.3, 0.4) is 0 Å². The molecule has 0 N–H and O–H groups in total. The van der Waals surface area contributed by atoms with Crippen LogP contribution >= 0.6 is 0 Å². The first-order valence-corrected chi connectivity index (χ1v) is 10.0. The summed E-state index contributed by atoms with van der Waals surface area (Å²) in [4.78, 5) is 25.6. The molecular weight excluding hydrogens is 399 g/mol. The lowest BCUT2D eigenvalue weighted by molar-refractivity contribution is -0.383. The smallest absolute Gasteiger partial charge is 0.353 e. The second-order valence-electron chi connectivity index (χ2n) is 7.39. The Morgan fingerprint density at radius 3 is 2.32 bits per heavy atom. The Hall–Kier alpha value is -3.75. The molecule has 0 atom stereocenters. The van der Waals surface area contributed by atoms with E-state index in [1.54, 1.807) is 30.1 Å². The van der Waals surface area contributed by atoms with Gasteiger partial charge in [-0.05, 0) is 17.7 Å². The topological polar surface area (TPSA) is 78.6 Å². The molecule has 9 heteroatoms. The zero-order valence-corrected chi connectivity index (χ0v) is 17.2. The van der Waals surface area contributed by atoms with Crippen molar-refractivity contribution in [3.05, 3.63) is 82.4 Å². The molecule has 1 aromatic heterocycles. The van der Waals surface area contributed by atoms with Crippen molar-refractivity contribution in [2.24, 2.45) is 0 Å². The van der Waals surface area contributed by atoms with Crippen LogP contribution in [0.1, 0.15) is 5.56 Å². The number of hydrogen-bond acceptors (Lipinski definition) is 7. The Balaban J connectivity index is 1.56. The maximum Gasteiger partial charge on any atom is 0.353 e. The quantitative estimate of drug-likeness (QED) is 0.444. The highest BCUT2D eigenvalue weighted by Crippen LogP contribution is 2.35. The molecule has 0 spiro atoms. The van der Waals surface area contributed by atoms with Gasteiger partial charge in [0.25, 0.3) is 0 Å². The molecule has 160 valence electrons. The fraction of sp³-hybridized carbons (Fsp3) is 0.273. The van der Waals surface area contributed by atoms with Crippen LogP contribution in [0.25, 0.3) is 0 Å². The molecule has 1 aliphatic rings. The van der Waals surface area contributed by atoms with Gasteiger partial charge in [-0.25, -0.2) is 14.4 Å². The van der Waals surface area contributed by atoms with E-state index < -0.39 is 4.92 Å². The predicted molar refractivity (Wildman–Crippen MR) is 118 cm³/mol. The van der Waals surface area contributed by atoms with E-state index in [-0.39, 0.29) is 17.3 Å². The van der Waals surface area contributed by atoms with E-state index in [1.165, 1.54) is 12.4 Å². The molecule has 0 aliphatic carbocycles. The Bertz CT molecular complexity index is 1060. The van der Waals surface area contributed by atoms with Gasteiger partial charge in [0, 0.05) is 39.8 Å². The summed E-state index contributed by atoms with van der Waals surface area (Å²) < 4.78 is 14.1. The van der Waals surface area contributed by atoms with Crippen molar-refractivity contribution in [2.75, 3.05) is 47.9 Å². The number of anilines is 3. The first kappa shape index (κ1) is 20.5. The van der Waals surface area contributed by atoms with Crippen molar-refractivity contribution < 1.29 is 9.31 Å². The van der Waals surface area contributed by atoms with Crippen molar-refractivity contribution in [3.63, 3.8) is 0 Å². The minimum atomic E-state index is -0.421. The Morgan fingerprint density at radius 2 is 1.65 bits per heavy atom. The van der Waals surface area contributed by atoms with Crippen LogP contribution in [0.15, 0.2) is 60.9 Å². The monoisotopic (exact) mass is 422 g/mol. The van der Waals surface area contributed by atoms with E-state index in [0.29, 0.717) is 44.2 Å². The number of benzene rings is 2. The third-order valence-corrected chi connectivity index (χ3v) is 5.36. The number of nitro groups is 1. The van der Waals surface area contributed by atoms with Crippen molar-refractivity contribution in [1.82, 2.24) is 9.97 Å². The average molecular weight is 422 g/mol. The Labute approximate surface area is 179 Å². The number of para-hydroxylation sites is 1. The SMILES string of the molecule is CN(Cc1ccccc1)c1ncnc(N2CCN(c3ccccc3F)CC2)c1[N+](=O)[O-]. The lowest BCUT2D eigenvalue weighted by Gasteiger charge is -2.36. The highest BCUT2D eigenvalue weighted by molar-refractivity contribution is 5.71. The molecule has 0 bridgehead atoms. The largest absolute Gasteiger partial charge is 0.366 e. The van der Waals surface area contributed by atoms with Gasteiger partial charge in [0.1, 0.15) is 12.1 Å². The molecule has 0 saturated carbocycles. The molecule has 31 heavy (non-hydrogen) atoms. The second kappa shape index (κ2) is 8.95. The van der Waals surface area contributed by atoms with Crippen molar-refractivity contribution in [1.29, 1.82) is 0 Å². The van der Waals surface area contributed by atoms with Gasteiger partial charge in [-0.3, -0.25) is 10.1 Å². The number of rotatable bonds is 6. The van der Waals surface area contributed by atoms with Gasteiger partial charge < -0.3 is 14.7 Å². The van der Waals surface area contributed by atoms with E-state index >= 15 is 0 Å². The molecular formula is C22H23FN6O2. The fourth-order valence-corrected chi connectivity index (χ4v) is 3.83. The summed E-state index contributed by atoms with van der Waals surface area (Å²) in [5.41, 5.74) is 1.46. The maximum absolute atomic E-state index is 14.1. The second-order valence-corrected chi connectivity index (χ2v) is 7.39. The summed E-state index contributed by atoms with van der Waals surface area (Å²) in [6, 6.07) is 16.4. The van der Waals surface area contributed by atoms with E-state index in [2.05, 4.69) is 9.97 Å². The normalized spacial score (nSPS) is 13.9. The van der Waals surface area contributed by atoms with Gasteiger partial charge in [-0.1, -0.05) is 42.5 Å². The van der Waals surface area contributed by atoms with Crippen molar-refractivity contribution in [3.8, 4) is 0 Å². The molecule has 1 saturated heterocycles. The van der Waals surface area contributed by atoms with Gasteiger partial charge in [-0.15, -0.1) is 0 Å². The average Bonchev–Trinajstić information content (AvgIpc) is 2.79. The molecule has 0 radical (unpaired) electrons. The first-order chi connectivity index (χ1) is 15.0. The molecule has 1 fully saturated rings. The van der Waals surface area contributed by atoms with Crippen LogP contribution in [0, 0.1) is 15.9 Å². The third kappa shape index (κ3) is 4.40. The van der Waals surface area contributed by atoms with Crippen molar-refractivity contribution >= 4 is 23.0 Å². The summed E-state index contributed by atoms with van der Waals surface area (Å²) in [7, 11) is 1.78. The summed E-state index contributed by atoms with van der Waals surface area (Å²) in [5, 5.41) is 12.0. The number of piperazine rings is 1. The number of nitrogens with zero attached hydrogens (tertiary/aromatic N) is 6. The van der Waals surface area contributed by atoms with Crippen LogP contribution in [0.5, 0.6) is 0 Å². The minimum absolute atomic E-state index is 0.111. The standard InChI is InChI=1S/C22H23FN6O2/c1-26(15-17-7-3-2-4-8-17)21-20(29(30)31)22(25-16-24-21)28-13-11-27(12-14-28)19-10-6-5-9-18(19)23/h2-10,16H,11-15H2,1H3. The Morgan fingerprint density at radius 1 is 1.00 bits per heavy atom. The van der Waals surface area contributed by atoms with Gasteiger partial charge in [0.05, 0.1) is 10.6 Å². The minimum Gasteiger partial charge on any atom is -0.366 e. The molecule has 1 aliphatic heterocycles. The number of halogens is 1. The van der Waals surface area contributed by atoms with Gasteiger partial charge in [0.15, 0.2) is 0 Å². The zero-order chi connectivity index (χ0) is 21.8. The number of aromatic nitrogens is 2. The Kier molecular flexibility index (Phi) is 5.92. The molecule has 8 nitrogen and oxygen atoms in total. The highest BCUT2D eigenvalue weighted by atomic mass is 19.1. The van der Waals surface area contributed by atoms with Crippen molar-refractivity contribution in [2.45, 2.75) is 6.54 Å². The van der Waals surface area contributed by atoms with Crippen LogP contribution < -0.4 is 14.7 Å². The van der Waals surface area contributed by atoms with E-state index in [9.17, 15) is 14.5 Å².